The number of benzene rings is 4. The van der Waals surface area contributed by atoms with Gasteiger partial charge in [-0.2, -0.15) is 4.37 Å². The van der Waals surface area contributed by atoms with Crippen LogP contribution in [0, 0.1) is 0 Å². The molecule has 19 nitrogen and oxygen atoms in total. The number of sulfonamides is 2. The second-order valence-corrected chi connectivity index (χ2v) is 20.7. The van der Waals surface area contributed by atoms with E-state index in [0.717, 1.165) is 36.7 Å². The number of unbranched alkanes of at least 4 members (excludes halogenated alkanes) is 2. The second kappa shape index (κ2) is 23.5. The van der Waals surface area contributed by atoms with E-state index in [2.05, 4.69) is 19.4 Å². The summed E-state index contributed by atoms with van der Waals surface area (Å²) >= 11 is 0.928. The number of aromatic nitrogens is 2. The number of carbonyl (C=O) groups is 2. The molecule has 6 N–H and O–H groups in total. The summed E-state index contributed by atoms with van der Waals surface area (Å²) in [4.78, 5) is 32.0. The largest absolute Gasteiger partial charge is 0.470 e. The topological polar surface area (TPSA) is 257 Å². The monoisotopic (exact) mass is 1010 g/mol. The van der Waals surface area contributed by atoms with Gasteiger partial charge in [0.15, 0.2) is 17.6 Å². The number of nitrogens with two attached hydrogens (primary N) is 2. The van der Waals surface area contributed by atoms with Crippen LogP contribution in [0.5, 0.6) is 28.9 Å². The molecule has 1 amide bonds. The van der Waals surface area contributed by atoms with Crippen LogP contribution in [0.1, 0.15) is 81.0 Å². The minimum absolute atomic E-state index is 0.0627. The Labute approximate surface area is 407 Å². The summed E-state index contributed by atoms with van der Waals surface area (Å²) < 4.78 is 92.2. The smallest absolute Gasteiger partial charge is 0.338 e. The van der Waals surface area contributed by atoms with E-state index in [1.54, 1.807) is 81.4 Å². The van der Waals surface area contributed by atoms with E-state index in [1.165, 1.54) is 17.0 Å². The van der Waals surface area contributed by atoms with Crippen molar-refractivity contribution in [3.05, 3.63) is 96.1 Å². The molecular formula is C47H60N8O11S3. The van der Waals surface area contributed by atoms with Gasteiger partial charge in [-0.15, -0.1) is 4.37 Å². The Hall–Kier alpha value is -6.04. The molecule has 6 rings (SSSR count). The number of primary sulfonamides is 2. The fourth-order valence-corrected chi connectivity index (χ4v) is 9.05. The number of nitrogens with zero attached hydrogens (tertiary/aromatic N) is 4. The van der Waals surface area contributed by atoms with E-state index in [4.69, 9.17) is 34.0 Å². The van der Waals surface area contributed by atoms with Gasteiger partial charge < -0.3 is 44.1 Å². The van der Waals surface area contributed by atoms with E-state index >= 15 is 4.79 Å². The average molecular weight is 1010 g/mol. The van der Waals surface area contributed by atoms with Crippen LogP contribution >= 0.6 is 11.7 Å². The third-order valence-corrected chi connectivity index (χ3v) is 13.0. The molecule has 4 aromatic carbocycles. The van der Waals surface area contributed by atoms with Crippen molar-refractivity contribution < 1.29 is 50.1 Å². The van der Waals surface area contributed by atoms with Gasteiger partial charge in [0.25, 0.3) is 11.8 Å². The summed E-state index contributed by atoms with van der Waals surface area (Å²) in [6.45, 7) is 11.4. The lowest BCUT2D eigenvalue weighted by Crippen LogP contribution is -2.51. The molecule has 1 aromatic heterocycles. The quantitative estimate of drug-likeness (QED) is 0.0372. The number of morpholine rings is 1. The Morgan fingerprint density at radius 2 is 1.29 bits per heavy atom. The first-order valence-electron chi connectivity index (χ1n) is 22.5. The molecule has 1 aliphatic heterocycles. The number of hydrogen-bond acceptors (Lipinski definition) is 17. The van der Waals surface area contributed by atoms with Crippen LogP contribution in [0.2, 0.25) is 0 Å². The second-order valence-electron chi connectivity index (χ2n) is 17.1. The molecule has 1 aliphatic rings. The van der Waals surface area contributed by atoms with Crippen LogP contribution in [0.15, 0.2) is 94.7 Å². The molecule has 2 heterocycles. The molecule has 0 spiro atoms. The fraction of sp³-hybridized carbons (Fsp3) is 0.404. The van der Waals surface area contributed by atoms with Crippen molar-refractivity contribution in [1.29, 1.82) is 0 Å². The van der Waals surface area contributed by atoms with Crippen molar-refractivity contribution in [2.24, 2.45) is 10.3 Å². The first-order valence-corrected chi connectivity index (χ1v) is 26.4. The first-order chi connectivity index (χ1) is 32.9. The summed E-state index contributed by atoms with van der Waals surface area (Å²) in [5.41, 5.74) is -0.888. The Morgan fingerprint density at radius 3 is 1.78 bits per heavy atom. The molecule has 69 heavy (non-hydrogen) atoms. The predicted octanol–water partition coefficient (Wildman–Crippen LogP) is 7.22. The van der Waals surface area contributed by atoms with Crippen LogP contribution in [0.3, 0.4) is 0 Å². The van der Waals surface area contributed by atoms with Gasteiger partial charge in [0, 0.05) is 37.3 Å². The highest BCUT2D eigenvalue weighted by Gasteiger charge is 2.35. The Morgan fingerprint density at radius 1 is 0.783 bits per heavy atom. The van der Waals surface area contributed by atoms with E-state index in [1.807, 2.05) is 18.7 Å². The van der Waals surface area contributed by atoms with Crippen molar-refractivity contribution >= 4 is 60.8 Å². The van der Waals surface area contributed by atoms with Gasteiger partial charge in [-0.3, -0.25) is 4.79 Å². The van der Waals surface area contributed by atoms with Gasteiger partial charge in [0.2, 0.25) is 25.9 Å². The molecule has 0 radical (unpaired) electrons. The van der Waals surface area contributed by atoms with Gasteiger partial charge in [-0.05, 0) is 82.1 Å². The van der Waals surface area contributed by atoms with Crippen LogP contribution < -0.4 is 40.0 Å². The summed E-state index contributed by atoms with van der Waals surface area (Å²) in [6, 6.07) is 22.2. The van der Waals surface area contributed by atoms with Crippen LogP contribution in [0.25, 0.3) is 0 Å². The third kappa shape index (κ3) is 14.3. The number of para-hydroxylation sites is 2. The lowest BCUT2D eigenvalue weighted by atomic mass is 10.0. The van der Waals surface area contributed by atoms with Gasteiger partial charge in [0.05, 0.1) is 48.4 Å². The van der Waals surface area contributed by atoms with Crippen LogP contribution in [-0.4, -0.2) is 107 Å². The fourth-order valence-electron chi connectivity index (χ4n) is 7.13. The molecule has 1 fully saturated rings. The Bertz CT molecular complexity index is 2750. The summed E-state index contributed by atoms with van der Waals surface area (Å²) in [5.74, 6) is -0.548. The SMILES string of the molecule is CCCCNc1cc(C(=O)O[C@H](COc2nsnc2N2CCOCC2)CN(C(=O)c2cc(NCCCC)c(Oc3ccccc3)c(S(N)(=O)=O)c2)C(C)(C)C)cc(S(N)(=O)=O)c1Oc1ccccc1. The van der Waals surface area contributed by atoms with Crippen molar-refractivity contribution in [2.45, 2.75) is 81.7 Å². The average Bonchev–Trinajstić information content (AvgIpc) is 3.79. The first kappa shape index (κ1) is 52.3. The predicted molar refractivity (Wildman–Crippen MR) is 264 cm³/mol. The minimum atomic E-state index is -4.52. The van der Waals surface area contributed by atoms with Gasteiger partial charge >= 0.3 is 5.97 Å². The molecule has 0 aliphatic carbocycles. The molecule has 372 valence electrons. The summed E-state index contributed by atoms with van der Waals surface area (Å²) in [5, 5.41) is 18.0. The molecule has 0 unspecified atom stereocenters. The lowest BCUT2D eigenvalue weighted by Gasteiger charge is -2.38. The number of carbonyl (C=O) groups excluding carboxylic acids is 2. The molecular weight excluding hydrogens is 949 g/mol. The zero-order valence-corrected chi connectivity index (χ0v) is 41.8. The highest BCUT2D eigenvalue weighted by molar-refractivity contribution is 7.89. The van der Waals surface area contributed by atoms with E-state index in [0.29, 0.717) is 69.6 Å². The van der Waals surface area contributed by atoms with Crippen LogP contribution in [-0.2, 0) is 29.5 Å². The third-order valence-electron chi connectivity index (χ3n) is 10.7. The van der Waals surface area contributed by atoms with Crippen LogP contribution in [0.4, 0.5) is 17.2 Å². The molecule has 0 bridgehead atoms. The maximum absolute atomic E-state index is 15.0. The number of rotatable bonds is 23. The maximum atomic E-state index is 15.0. The minimum Gasteiger partial charge on any atom is -0.470 e. The Kier molecular flexibility index (Phi) is 17.8. The van der Waals surface area contributed by atoms with Crippen molar-refractivity contribution in [3.63, 3.8) is 0 Å². The normalized spacial score (nSPS) is 13.6. The van der Waals surface area contributed by atoms with E-state index in [9.17, 15) is 21.6 Å². The van der Waals surface area contributed by atoms with Crippen molar-refractivity contribution in [1.82, 2.24) is 13.6 Å². The molecule has 5 aromatic rings. The zero-order chi connectivity index (χ0) is 49.8. The van der Waals surface area contributed by atoms with E-state index < -0.39 is 53.4 Å². The molecule has 22 heteroatoms. The highest BCUT2D eigenvalue weighted by atomic mass is 32.2. The van der Waals surface area contributed by atoms with Gasteiger partial charge in [-0.1, -0.05) is 63.1 Å². The number of nitrogens with one attached hydrogen (secondary N) is 2. The van der Waals surface area contributed by atoms with Crippen molar-refractivity contribution in [2.75, 3.05) is 68.1 Å². The lowest BCUT2D eigenvalue weighted by molar-refractivity contribution is -0.00477. The number of esters is 1. The molecule has 0 saturated carbocycles. The van der Waals surface area contributed by atoms with Gasteiger partial charge in [0.1, 0.15) is 27.9 Å². The zero-order valence-electron chi connectivity index (χ0n) is 39.3. The maximum Gasteiger partial charge on any atom is 0.338 e. The molecule has 1 atom stereocenters. The summed E-state index contributed by atoms with van der Waals surface area (Å²) in [6.07, 6.45) is 1.78. The number of amides is 1. The summed E-state index contributed by atoms with van der Waals surface area (Å²) in [7, 11) is -9.02. The van der Waals surface area contributed by atoms with Crippen molar-refractivity contribution in [3.8, 4) is 28.9 Å². The van der Waals surface area contributed by atoms with Gasteiger partial charge in [-0.25, -0.2) is 31.9 Å². The number of anilines is 3. The standard InChI is InChI=1S/C47H60N8O11S3/c1-6-8-20-50-37-26-32(28-39(68(48,58)59)41(37)64-34-16-12-10-13-17-34)45(56)55(47(3,4)5)30-36(31-63-44-43(52-67-53-44)54-22-24-62-25-23-54)66-46(57)33-27-38(51-21-9-7-2)42(40(29-33)69(49,60)61)65-35-18-14-11-15-19-35/h10-19,26-29,36,50-51H,6-9,20-25,30-31H2,1-5H3,(H2,48,58,59)(H2,49,60,61)/t36-/m0/s1. The molecule has 1 saturated heterocycles. The Balaban J connectivity index is 1.41. The highest BCUT2D eigenvalue weighted by Crippen LogP contribution is 2.40. The number of ether oxygens (including phenoxy) is 5. The number of hydrogen-bond donors (Lipinski definition) is 4. The van der Waals surface area contributed by atoms with E-state index in [-0.39, 0.29) is 53.0 Å².